The summed E-state index contributed by atoms with van der Waals surface area (Å²) >= 11 is 7.20. The second kappa shape index (κ2) is 6.72. The van der Waals surface area contributed by atoms with Crippen molar-refractivity contribution in [3.05, 3.63) is 44.9 Å². The van der Waals surface area contributed by atoms with Gasteiger partial charge in [-0.05, 0) is 25.5 Å². The largest absolute Gasteiger partial charge is 0.492 e. The number of aromatic nitrogens is 1. The van der Waals surface area contributed by atoms with Gasteiger partial charge in [0.1, 0.15) is 10.6 Å². The normalized spacial score (nSPS) is 10.5. The third kappa shape index (κ3) is 3.71. The van der Waals surface area contributed by atoms with Gasteiger partial charge in [-0.3, -0.25) is 0 Å². The van der Waals surface area contributed by atoms with Crippen molar-refractivity contribution in [1.82, 2.24) is 4.98 Å². The molecule has 2 aromatic rings. The maximum Gasteiger partial charge on any atom is 0.347 e. The molecule has 2 rings (SSSR count). The predicted octanol–water partition coefficient (Wildman–Crippen LogP) is 3.81. The lowest BCUT2D eigenvalue weighted by atomic mass is 10.3. The lowest BCUT2D eigenvalue weighted by Gasteiger charge is -2.06. The number of aromatic carboxylic acids is 1. The van der Waals surface area contributed by atoms with Gasteiger partial charge in [-0.1, -0.05) is 23.7 Å². The van der Waals surface area contributed by atoms with Crippen molar-refractivity contribution in [2.75, 3.05) is 6.61 Å². The van der Waals surface area contributed by atoms with Crippen molar-refractivity contribution < 1.29 is 14.6 Å². The summed E-state index contributed by atoms with van der Waals surface area (Å²) in [5.41, 5.74) is 0.574. The molecule has 1 heterocycles. The van der Waals surface area contributed by atoms with Gasteiger partial charge in [0.05, 0.1) is 22.3 Å². The first-order valence-corrected chi connectivity index (χ1v) is 7.34. The van der Waals surface area contributed by atoms with Crippen molar-refractivity contribution in [1.29, 1.82) is 0 Å². The molecule has 106 valence electrons. The first-order valence-electron chi connectivity index (χ1n) is 6.15. The zero-order chi connectivity index (χ0) is 14.5. The lowest BCUT2D eigenvalue weighted by Crippen LogP contribution is -1.99. The number of carboxylic acids is 1. The van der Waals surface area contributed by atoms with E-state index in [0.717, 1.165) is 11.4 Å². The van der Waals surface area contributed by atoms with Crippen LogP contribution in [0.2, 0.25) is 5.02 Å². The number of benzene rings is 1. The van der Waals surface area contributed by atoms with Crippen LogP contribution in [0.3, 0.4) is 0 Å². The number of halogens is 1. The Balaban J connectivity index is 1.83. The minimum absolute atomic E-state index is 0.312. The summed E-state index contributed by atoms with van der Waals surface area (Å²) in [6.07, 6.45) is 1.46. The molecule has 1 aromatic heterocycles. The van der Waals surface area contributed by atoms with Gasteiger partial charge < -0.3 is 9.84 Å². The molecule has 4 nitrogen and oxygen atoms in total. The van der Waals surface area contributed by atoms with Crippen LogP contribution in [0.4, 0.5) is 0 Å². The smallest absolute Gasteiger partial charge is 0.347 e. The van der Waals surface area contributed by atoms with E-state index >= 15 is 0 Å². The van der Waals surface area contributed by atoms with Gasteiger partial charge in [-0.25, -0.2) is 9.78 Å². The molecule has 0 amide bonds. The molecular weight excluding hydrogens is 298 g/mol. The zero-order valence-corrected chi connectivity index (χ0v) is 12.5. The zero-order valence-electron chi connectivity index (χ0n) is 10.9. The van der Waals surface area contributed by atoms with Gasteiger partial charge in [-0.2, -0.15) is 0 Å². The summed E-state index contributed by atoms with van der Waals surface area (Å²) in [4.78, 5) is 15.5. The number of hydrogen-bond donors (Lipinski definition) is 1. The number of ether oxygens (including phenoxy) is 1. The van der Waals surface area contributed by atoms with Crippen LogP contribution in [0.5, 0.6) is 5.75 Å². The number of nitrogens with zero attached hydrogens (tertiary/aromatic N) is 1. The standard InChI is InChI=1S/C14H14ClNO3S/c1-9-13(14(17)18)20-12(16-9)7-4-8-19-11-6-3-2-5-10(11)15/h2-3,5-6H,4,7-8H2,1H3,(H,17,18). The van der Waals surface area contributed by atoms with Crippen LogP contribution >= 0.6 is 22.9 Å². The Morgan fingerprint density at radius 2 is 2.20 bits per heavy atom. The second-order valence-corrected chi connectivity index (χ2v) is 5.70. The molecule has 0 fully saturated rings. The predicted molar refractivity (Wildman–Crippen MR) is 79.1 cm³/mol. The average Bonchev–Trinajstić information content (AvgIpc) is 2.78. The maximum atomic E-state index is 10.9. The van der Waals surface area contributed by atoms with Crippen LogP contribution in [0, 0.1) is 6.92 Å². The first-order chi connectivity index (χ1) is 9.58. The minimum atomic E-state index is -0.918. The number of rotatable bonds is 6. The van der Waals surface area contributed by atoms with Gasteiger partial charge in [-0.15, -0.1) is 11.3 Å². The van der Waals surface area contributed by atoms with Gasteiger partial charge in [0.2, 0.25) is 0 Å². The molecule has 1 aromatic carbocycles. The molecule has 0 bridgehead atoms. The molecular formula is C14H14ClNO3S. The monoisotopic (exact) mass is 311 g/mol. The molecule has 0 atom stereocenters. The number of para-hydroxylation sites is 1. The Kier molecular flexibility index (Phi) is 4.98. The van der Waals surface area contributed by atoms with Crippen molar-refractivity contribution in [3.8, 4) is 5.75 Å². The molecule has 0 unspecified atom stereocenters. The molecule has 0 spiro atoms. The Morgan fingerprint density at radius 3 is 2.85 bits per heavy atom. The van der Waals surface area contributed by atoms with Crippen LogP contribution in [0.15, 0.2) is 24.3 Å². The molecule has 0 saturated carbocycles. The van der Waals surface area contributed by atoms with E-state index < -0.39 is 5.97 Å². The summed E-state index contributed by atoms with van der Waals surface area (Å²) in [7, 11) is 0. The van der Waals surface area contributed by atoms with E-state index in [1.807, 2.05) is 18.2 Å². The number of carbonyl (C=O) groups is 1. The summed E-state index contributed by atoms with van der Waals surface area (Å²) in [6, 6.07) is 7.31. The molecule has 20 heavy (non-hydrogen) atoms. The molecule has 0 aliphatic carbocycles. The molecule has 0 aliphatic heterocycles. The minimum Gasteiger partial charge on any atom is -0.492 e. The Labute approximate surface area is 126 Å². The van der Waals surface area contributed by atoms with Crippen LogP contribution in [0.25, 0.3) is 0 Å². The van der Waals surface area contributed by atoms with Crippen LogP contribution in [-0.4, -0.2) is 22.7 Å². The fraction of sp³-hybridized carbons (Fsp3) is 0.286. The fourth-order valence-electron chi connectivity index (χ4n) is 1.72. The maximum absolute atomic E-state index is 10.9. The van der Waals surface area contributed by atoms with E-state index in [4.69, 9.17) is 21.4 Å². The highest BCUT2D eigenvalue weighted by molar-refractivity contribution is 7.13. The summed E-state index contributed by atoms with van der Waals surface area (Å²) in [5.74, 6) is -0.255. The van der Waals surface area contributed by atoms with Crippen LogP contribution in [0.1, 0.15) is 26.8 Å². The third-order valence-corrected chi connectivity index (χ3v) is 4.18. The first kappa shape index (κ1) is 14.8. The number of hydrogen-bond acceptors (Lipinski definition) is 4. The highest BCUT2D eigenvalue weighted by Crippen LogP contribution is 2.23. The van der Waals surface area contributed by atoms with Crippen molar-refractivity contribution in [2.45, 2.75) is 19.8 Å². The highest BCUT2D eigenvalue weighted by Gasteiger charge is 2.13. The van der Waals surface area contributed by atoms with Crippen LogP contribution < -0.4 is 4.74 Å². The third-order valence-electron chi connectivity index (χ3n) is 2.66. The van der Waals surface area contributed by atoms with E-state index in [1.165, 1.54) is 11.3 Å². The van der Waals surface area contributed by atoms with Crippen LogP contribution in [-0.2, 0) is 6.42 Å². The lowest BCUT2D eigenvalue weighted by molar-refractivity contribution is 0.0701. The second-order valence-electron chi connectivity index (χ2n) is 4.21. The van der Waals surface area contributed by atoms with E-state index in [2.05, 4.69) is 4.98 Å². The van der Waals surface area contributed by atoms with E-state index in [9.17, 15) is 4.79 Å². The Bertz CT molecular complexity index is 612. The Hall–Kier alpha value is -1.59. The summed E-state index contributed by atoms with van der Waals surface area (Å²) in [6.45, 7) is 2.23. The SMILES string of the molecule is Cc1nc(CCCOc2ccccc2Cl)sc1C(=O)O. The summed E-state index contributed by atoms with van der Waals surface area (Å²) in [5, 5.41) is 10.4. The van der Waals surface area contributed by atoms with Crippen molar-refractivity contribution >= 4 is 28.9 Å². The van der Waals surface area contributed by atoms with Gasteiger partial charge >= 0.3 is 5.97 Å². The molecule has 1 N–H and O–H groups in total. The number of carboxylic acid groups (broad SMARTS) is 1. The number of thiazole rings is 1. The quantitative estimate of drug-likeness (QED) is 0.824. The fourth-order valence-corrected chi connectivity index (χ4v) is 2.86. The van der Waals surface area contributed by atoms with Gasteiger partial charge in [0, 0.05) is 6.42 Å². The molecule has 0 radical (unpaired) electrons. The summed E-state index contributed by atoms with van der Waals surface area (Å²) < 4.78 is 5.57. The molecule has 6 heteroatoms. The van der Waals surface area contributed by atoms with Gasteiger partial charge in [0.15, 0.2) is 0 Å². The molecule has 0 aliphatic rings. The highest BCUT2D eigenvalue weighted by atomic mass is 35.5. The van der Waals surface area contributed by atoms with Crippen molar-refractivity contribution in [3.63, 3.8) is 0 Å². The number of aryl methyl sites for hydroxylation is 2. The topological polar surface area (TPSA) is 59.4 Å². The average molecular weight is 312 g/mol. The van der Waals surface area contributed by atoms with Gasteiger partial charge in [0.25, 0.3) is 0 Å². The van der Waals surface area contributed by atoms with E-state index in [1.54, 1.807) is 13.0 Å². The molecule has 0 saturated heterocycles. The van der Waals surface area contributed by atoms with E-state index in [0.29, 0.717) is 34.4 Å². The van der Waals surface area contributed by atoms with E-state index in [-0.39, 0.29) is 0 Å². The Morgan fingerprint density at radius 1 is 1.45 bits per heavy atom. The van der Waals surface area contributed by atoms with Crippen molar-refractivity contribution in [2.24, 2.45) is 0 Å².